The Morgan fingerprint density at radius 1 is 1.47 bits per heavy atom. The topological polar surface area (TPSA) is 64.3 Å². The number of hydrogen-bond donors (Lipinski definition) is 2. The van der Waals surface area contributed by atoms with Gasteiger partial charge in [-0.05, 0) is 37.5 Å². The molecule has 19 heavy (non-hydrogen) atoms. The quantitative estimate of drug-likeness (QED) is 0.816. The van der Waals surface area contributed by atoms with Crippen LogP contribution in [0.2, 0.25) is 0 Å². The fraction of sp³-hybridized carbons (Fsp3) is 0.500. The zero-order valence-corrected chi connectivity index (χ0v) is 12.2. The molecule has 0 unspecified atom stereocenters. The van der Waals surface area contributed by atoms with Gasteiger partial charge in [0.25, 0.3) is 0 Å². The molecule has 1 saturated carbocycles. The van der Waals surface area contributed by atoms with Crippen molar-refractivity contribution in [1.82, 2.24) is 0 Å². The second-order valence-electron chi connectivity index (χ2n) is 4.94. The lowest BCUT2D eigenvalue weighted by molar-refractivity contribution is -0.121. The number of methoxy groups -OCH3 is 1. The molecule has 3 N–H and O–H groups in total. The summed E-state index contributed by atoms with van der Waals surface area (Å²) in [6, 6.07) is 5.32. The summed E-state index contributed by atoms with van der Waals surface area (Å²) in [6.07, 6.45) is 4.00. The van der Waals surface area contributed by atoms with Crippen molar-refractivity contribution in [1.29, 1.82) is 0 Å². The van der Waals surface area contributed by atoms with Crippen molar-refractivity contribution >= 4 is 29.7 Å². The highest BCUT2D eigenvalue weighted by Crippen LogP contribution is 2.50. The summed E-state index contributed by atoms with van der Waals surface area (Å²) in [7, 11) is 1.57. The summed E-state index contributed by atoms with van der Waals surface area (Å²) in [5.74, 6) is 0.747. The van der Waals surface area contributed by atoms with Crippen LogP contribution in [0.15, 0.2) is 18.2 Å². The van der Waals surface area contributed by atoms with Crippen LogP contribution in [0, 0.1) is 5.41 Å². The lowest BCUT2D eigenvalue weighted by atomic mass is 9.99. The Morgan fingerprint density at radius 2 is 2.16 bits per heavy atom. The summed E-state index contributed by atoms with van der Waals surface area (Å²) in [5.41, 5.74) is 6.97. The number of benzene rings is 1. The van der Waals surface area contributed by atoms with Gasteiger partial charge in [0.1, 0.15) is 5.75 Å². The smallest absolute Gasteiger partial charge is 0.230 e. The Balaban J connectivity index is 0.00000180. The van der Waals surface area contributed by atoms with E-state index in [0.29, 0.717) is 11.4 Å². The normalized spacial score (nSPS) is 15.3. The second-order valence-corrected chi connectivity index (χ2v) is 4.94. The van der Waals surface area contributed by atoms with Gasteiger partial charge in [-0.2, -0.15) is 0 Å². The zero-order valence-electron chi connectivity index (χ0n) is 11.4. The highest BCUT2D eigenvalue weighted by atomic mass is 35.5. The van der Waals surface area contributed by atoms with Gasteiger partial charge in [0.15, 0.2) is 0 Å². The third kappa shape index (κ3) is 3.32. The Hall–Kier alpha value is -1.42. The molecule has 106 valence electrons. The van der Waals surface area contributed by atoms with Crippen molar-refractivity contribution in [3.63, 3.8) is 0 Å². The number of nitrogen functional groups attached to an aromatic ring is 1. The average Bonchev–Trinajstić information content (AvgIpc) is 3.11. The first-order chi connectivity index (χ1) is 8.61. The maximum absolute atomic E-state index is 12.2. The molecule has 1 aromatic carbocycles. The minimum absolute atomic E-state index is 0. The van der Waals surface area contributed by atoms with Crippen LogP contribution in [0.25, 0.3) is 0 Å². The number of rotatable bonds is 5. The van der Waals surface area contributed by atoms with Crippen LogP contribution >= 0.6 is 12.4 Å². The number of ether oxygens (including phenoxy) is 1. The van der Waals surface area contributed by atoms with E-state index in [1.165, 1.54) is 0 Å². The summed E-state index contributed by atoms with van der Waals surface area (Å²) < 4.78 is 5.09. The van der Waals surface area contributed by atoms with E-state index >= 15 is 0 Å². The third-order valence-corrected chi connectivity index (χ3v) is 3.55. The van der Waals surface area contributed by atoms with E-state index in [1.54, 1.807) is 19.2 Å². The van der Waals surface area contributed by atoms with Gasteiger partial charge in [-0.15, -0.1) is 12.4 Å². The Morgan fingerprint density at radius 3 is 2.63 bits per heavy atom. The molecule has 4 nitrogen and oxygen atoms in total. The van der Waals surface area contributed by atoms with E-state index in [2.05, 4.69) is 12.2 Å². The van der Waals surface area contributed by atoms with Crippen LogP contribution in [0.3, 0.4) is 0 Å². The molecule has 2 rings (SSSR count). The molecule has 0 heterocycles. The van der Waals surface area contributed by atoms with Gasteiger partial charge < -0.3 is 15.8 Å². The number of anilines is 2. The zero-order chi connectivity index (χ0) is 13.2. The molecule has 0 bridgehead atoms. The van der Waals surface area contributed by atoms with E-state index in [9.17, 15) is 4.79 Å². The van der Waals surface area contributed by atoms with E-state index in [0.717, 1.165) is 31.4 Å². The molecular formula is C14H21ClN2O2. The van der Waals surface area contributed by atoms with E-state index in [-0.39, 0.29) is 23.7 Å². The molecule has 0 spiro atoms. The predicted octanol–water partition coefficient (Wildman–Crippen LogP) is 3.22. The molecule has 1 aromatic rings. The SMILES string of the molecule is CCCC1(C(=O)Nc2ccc(OC)c(N)c2)CC1.Cl. The summed E-state index contributed by atoms with van der Waals surface area (Å²) in [5, 5.41) is 2.95. The minimum Gasteiger partial charge on any atom is -0.495 e. The van der Waals surface area contributed by atoms with Gasteiger partial charge in [0.2, 0.25) is 5.91 Å². The van der Waals surface area contributed by atoms with Crippen LogP contribution in [-0.2, 0) is 4.79 Å². The molecule has 1 aliphatic rings. The molecule has 0 saturated heterocycles. The van der Waals surface area contributed by atoms with E-state index in [1.807, 2.05) is 6.07 Å². The van der Waals surface area contributed by atoms with Gasteiger partial charge >= 0.3 is 0 Å². The van der Waals surface area contributed by atoms with Gasteiger partial charge in [-0.25, -0.2) is 0 Å². The van der Waals surface area contributed by atoms with E-state index in [4.69, 9.17) is 10.5 Å². The first kappa shape index (κ1) is 15.6. The maximum atomic E-state index is 12.2. The molecular weight excluding hydrogens is 264 g/mol. The monoisotopic (exact) mass is 284 g/mol. The van der Waals surface area contributed by atoms with Crippen LogP contribution in [0.5, 0.6) is 5.75 Å². The molecule has 0 radical (unpaired) electrons. The second kappa shape index (κ2) is 6.15. The van der Waals surface area contributed by atoms with Crippen LogP contribution < -0.4 is 15.8 Å². The lowest BCUT2D eigenvalue weighted by Crippen LogP contribution is -2.24. The Labute approximate surface area is 120 Å². The maximum Gasteiger partial charge on any atom is 0.230 e. The summed E-state index contributed by atoms with van der Waals surface area (Å²) >= 11 is 0. The number of nitrogens with one attached hydrogen (secondary N) is 1. The van der Waals surface area contributed by atoms with Crippen molar-refractivity contribution in [2.45, 2.75) is 32.6 Å². The molecule has 5 heteroatoms. The molecule has 0 aromatic heterocycles. The minimum atomic E-state index is -0.122. The first-order valence-corrected chi connectivity index (χ1v) is 6.36. The average molecular weight is 285 g/mol. The van der Waals surface area contributed by atoms with Crippen molar-refractivity contribution < 1.29 is 9.53 Å². The number of nitrogens with two attached hydrogens (primary N) is 1. The number of halogens is 1. The number of amides is 1. The van der Waals surface area contributed by atoms with Crippen LogP contribution in [0.4, 0.5) is 11.4 Å². The summed E-state index contributed by atoms with van der Waals surface area (Å²) in [6.45, 7) is 2.11. The molecule has 1 fully saturated rings. The standard InChI is InChI=1S/C14H20N2O2.ClH/c1-3-6-14(7-8-14)13(17)16-10-4-5-12(18-2)11(15)9-10;/h4-5,9H,3,6-8,15H2,1-2H3,(H,16,17);1H. The molecule has 0 aliphatic heterocycles. The predicted molar refractivity (Wildman–Crippen MR) is 79.9 cm³/mol. The van der Waals surface area contributed by atoms with Crippen molar-refractivity contribution in [2.75, 3.05) is 18.2 Å². The fourth-order valence-corrected chi connectivity index (χ4v) is 2.30. The van der Waals surface area contributed by atoms with Crippen LogP contribution in [0.1, 0.15) is 32.6 Å². The highest BCUT2D eigenvalue weighted by Gasteiger charge is 2.48. The van der Waals surface area contributed by atoms with E-state index < -0.39 is 0 Å². The Kier molecular flexibility index (Phi) is 5.06. The van der Waals surface area contributed by atoms with Gasteiger partial charge in [-0.1, -0.05) is 13.3 Å². The van der Waals surface area contributed by atoms with Crippen LogP contribution in [-0.4, -0.2) is 13.0 Å². The summed E-state index contributed by atoms with van der Waals surface area (Å²) in [4.78, 5) is 12.2. The molecule has 0 atom stereocenters. The van der Waals surface area contributed by atoms with Gasteiger partial charge in [0.05, 0.1) is 12.8 Å². The fourth-order valence-electron chi connectivity index (χ4n) is 2.30. The molecule has 1 amide bonds. The number of carbonyl (C=O) groups excluding carboxylic acids is 1. The largest absolute Gasteiger partial charge is 0.495 e. The van der Waals surface area contributed by atoms with Crippen molar-refractivity contribution in [3.05, 3.63) is 18.2 Å². The van der Waals surface area contributed by atoms with Crippen molar-refractivity contribution in [2.24, 2.45) is 5.41 Å². The van der Waals surface area contributed by atoms with Gasteiger partial charge in [0, 0.05) is 11.1 Å². The first-order valence-electron chi connectivity index (χ1n) is 6.36. The Bertz CT molecular complexity index is 459. The van der Waals surface area contributed by atoms with Crippen molar-refractivity contribution in [3.8, 4) is 5.75 Å². The lowest BCUT2D eigenvalue weighted by Gasteiger charge is -2.15. The molecule has 1 aliphatic carbocycles. The number of carbonyl (C=O) groups is 1. The van der Waals surface area contributed by atoms with Gasteiger partial charge in [-0.3, -0.25) is 4.79 Å². The third-order valence-electron chi connectivity index (χ3n) is 3.55. The number of hydrogen-bond acceptors (Lipinski definition) is 3. The highest BCUT2D eigenvalue weighted by molar-refractivity contribution is 5.97.